The van der Waals surface area contributed by atoms with Gasteiger partial charge in [-0.15, -0.1) is 0 Å². The van der Waals surface area contributed by atoms with Gasteiger partial charge in [0.05, 0.1) is 17.8 Å². The second kappa shape index (κ2) is 8.91. The van der Waals surface area contributed by atoms with Crippen molar-refractivity contribution in [2.24, 2.45) is 11.8 Å². The van der Waals surface area contributed by atoms with Crippen LogP contribution in [0.2, 0.25) is 0 Å². The van der Waals surface area contributed by atoms with Crippen LogP contribution in [0, 0.1) is 11.8 Å². The lowest BCUT2D eigenvalue weighted by molar-refractivity contribution is -0.142. The van der Waals surface area contributed by atoms with Crippen molar-refractivity contribution in [3.8, 4) is 5.88 Å². The van der Waals surface area contributed by atoms with Crippen LogP contribution in [-0.4, -0.2) is 64.5 Å². The van der Waals surface area contributed by atoms with E-state index in [1.807, 2.05) is 0 Å². The monoisotopic (exact) mass is 430 g/mol. The molecule has 166 valence electrons. The van der Waals surface area contributed by atoms with Gasteiger partial charge in [0.2, 0.25) is 17.7 Å². The summed E-state index contributed by atoms with van der Waals surface area (Å²) in [5.74, 6) is -1.13. The summed E-state index contributed by atoms with van der Waals surface area (Å²) in [5, 5.41) is 11.4. The first-order valence-corrected chi connectivity index (χ1v) is 10.7. The smallest absolute Gasteiger partial charge is 0.328 e. The molecule has 4 rings (SSSR count). The molecule has 1 aromatic heterocycles. The zero-order valence-corrected chi connectivity index (χ0v) is 17.2. The molecule has 2 aliphatic heterocycles. The van der Waals surface area contributed by atoms with Crippen molar-refractivity contribution >= 4 is 29.5 Å². The Morgan fingerprint density at radius 2 is 1.84 bits per heavy atom. The van der Waals surface area contributed by atoms with Crippen LogP contribution >= 0.6 is 0 Å². The maximum Gasteiger partial charge on any atom is 0.328 e. The number of carbonyl (C=O) groups is 4. The number of likely N-dealkylation sites (tertiary alicyclic amines) is 1. The van der Waals surface area contributed by atoms with E-state index in [0.29, 0.717) is 50.5 Å². The number of pyridine rings is 1. The summed E-state index contributed by atoms with van der Waals surface area (Å²) in [7, 11) is 0. The standard InChI is InChI=1S/C21H26N4O6/c26-17-8-10-25(21(30)23-17)15-3-6-18(22-11-15)31-16-4-1-13(2-5-16)19(27)24-9-7-14(12-24)20(28)29/h3,6,11,13-14,16H,1-2,4-5,7-10,12H2,(H,28,29)(H,23,26,30)/t13-,14-,16-/m1/s1. The molecule has 2 N–H and O–H groups in total. The Morgan fingerprint density at radius 3 is 2.45 bits per heavy atom. The Kier molecular flexibility index (Phi) is 6.06. The third kappa shape index (κ3) is 4.78. The van der Waals surface area contributed by atoms with Gasteiger partial charge >= 0.3 is 12.0 Å². The van der Waals surface area contributed by atoms with E-state index in [-0.39, 0.29) is 30.3 Å². The normalized spacial score (nSPS) is 26.5. The average Bonchev–Trinajstić information content (AvgIpc) is 3.25. The second-order valence-electron chi connectivity index (χ2n) is 8.31. The Labute approximate surface area is 179 Å². The minimum atomic E-state index is -0.833. The van der Waals surface area contributed by atoms with E-state index in [2.05, 4.69) is 10.3 Å². The summed E-state index contributed by atoms with van der Waals surface area (Å²) in [6, 6.07) is 2.98. The number of ether oxygens (including phenoxy) is 1. The topological polar surface area (TPSA) is 129 Å². The van der Waals surface area contributed by atoms with Crippen LogP contribution in [0.25, 0.3) is 0 Å². The van der Waals surface area contributed by atoms with Gasteiger partial charge in [0, 0.05) is 38.0 Å². The number of aromatic nitrogens is 1. The van der Waals surface area contributed by atoms with E-state index in [0.717, 1.165) is 12.8 Å². The lowest BCUT2D eigenvalue weighted by atomic mass is 9.86. The Morgan fingerprint density at radius 1 is 1.06 bits per heavy atom. The summed E-state index contributed by atoms with van der Waals surface area (Å²) in [6.45, 7) is 1.14. The highest BCUT2D eigenvalue weighted by Gasteiger charge is 2.36. The SMILES string of the molecule is O=C1CCN(c2ccc(O[C@H]3CC[C@H](C(=O)N4CC[C@@H](C(=O)O)C4)CC3)nc2)C(=O)N1. The summed E-state index contributed by atoms with van der Waals surface area (Å²) in [4.78, 5) is 54.4. The molecule has 10 heteroatoms. The molecule has 3 fully saturated rings. The minimum Gasteiger partial charge on any atom is -0.481 e. The van der Waals surface area contributed by atoms with Gasteiger partial charge < -0.3 is 14.7 Å². The van der Waals surface area contributed by atoms with Gasteiger partial charge in [-0.3, -0.25) is 24.6 Å². The Hall–Kier alpha value is -3.17. The predicted molar refractivity (Wildman–Crippen MR) is 108 cm³/mol. The second-order valence-corrected chi connectivity index (χ2v) is 8.31. The maximum absolute atomic E-state index is 12.7. The molecular formula is C21H26N4O6. The molecule has 3 aliphatic rings. The van der Waals surface area contributed by atoms with Crippen molar-refractivity contribution in [1.82, 2.24) is 15.2 Å². The lowest BCUT2D eigenvalue weighted by Crippen LogP contribution is -2.49. The number of aliphatic carboxylic acids is 1. The van der Waals surface area contributed by atoms with Crippen molar-refractivity contribution in [1.29, 1.82) is 0 Å². The number of nitrogens with one attached hydrogen (secondary N) is 1. The van der Waals surface area contributed by atoms with E-state index in [9.17, 15) is 19.2 Å². The number of carboxylic acid groups (broad SMARTS) is 1. The number of hydrogen-bond donors (Lipinski definition) is 2. The van der Waals surface area contributed by atoms with Crippen LogP contribution in [0.15, 0.2) is 18.3 Å². The van der Waals surface area contributed by atoms with Gasteiger partial charge in [0.25, 0.3) is 0 Å². The van der Waals surface area contributed by atoms with Crippen LogP contribution in [0.1, 0.15) is 38.5 Å². The first-order chi connectivity index (χ1) is 14.9. The lowest BCUT2D eigenvalue weighted by Gasteiger charge is -2.30. The first-order valence-electron chi connectivity index (χ1n) is 10.7. The highest BCUT2D eigenvalue weighted by atomic mass is 16.5. The summed E-state index contributed by atoms with van der Waals surface area (Å²) in [6.07, 6.45) is 5.15. The quantitative estimate of drug-likeness (QED) is 0.722. The number of imide groups is 1. The zero-order valence-electron chi connectivity index (χ0n) is 17.2. The molecule has 0 spiro atoms. The largest absolute Gasteiger partial charge is 0.481 e. The van der Waals surface area contributed by atoms with Crippen LogP contribution in [0.5, 0.6) is 5.88 Å². The molecule has 1 saturated carbocycles. The van der Waals surface area contributed by atoms with Crippen LogP contribution in [-0.2, 0) is 14.4 Å². The van der Waals surface area contributed by atoms with Gasteiger partial charge in [0.1, 0.15) is 6.10 Å². The van der Waals surface area contributed by atoms with Crippen LogP contribution in [0.3, 0.4) is 0 Å². The molecule has 31 heavy (non-hydrogen) atoms. The number of anilines is 1. The molecule has 1 atom stereocenters. The fraction of sp³-hybridized carbons (Fsp3) is 0.571. The number of nitrogens with zero attached hydrogens (tertiary/aromatic N) is 3. The molecule has 0 unspecified atom stereocenters. The van der Waals surface area contributed by atoms with E-state index in [1.54, 1.807) is 23.2 Å². The summed E-state index contributed by atoms with van der Waals surface area (Å²) < 4.78 is 5.96. The highest BCUT2D eigenvalue weighted by Crippen LogP contribution is 2.30. The summed E-state index contributed by atoms with van der Waals surface area (Å²) in [5.41, 5.74) is 0.594. The van der Waals surface area contributed by atoms with Gasteiger partial charge in [-0.1, -0.05) is 0 Å². The predicted octanol–water partition coefficient (Wildman–Crippen LogP) is 1.40. The van der Waals surface area contributed by atoms with Crippen LogP contribution < -0.4 is 15.0 Å². The van der Waals surface area contributed by atoms with Crippen molar-refractivity contribution < 1.29 is 29.0 Å². The molecule has 3 heterocycles. The Balaban J connectivity index is 1.25. The molecule has 4 amide bonds. The van der Waals surface area contributed by atoms with E-state index in [4.69, 9.17) is 9.84 Å². The number of urea groups is 1. The highest BCUT2D eigenvalue weighted by molar-refractivity contribution is 6.05. The van der Waals surface area contributed by atoms with Crippen LogP contribution in [0.4, 0.5) is 10.5 Å². The molecule has 1 aliphatic carbocycles. The number of amides is 4. The van der Waals surface area contributed by atoms with E-state index in [1.165, 1.54) is 4.90 Å². The fourth-order valence-corrected chi connectivity index (χ4v) is 4.43. The number of rotatable bonds is 5. The molecule has 1 aromatic rings. The third-order valence-corrected chi connectivity index (χ3v) is 6.25. The van der Waals surface area contributed by atoms with Crippen molar-refractivity contribution in [3.05, 3.63) is 18.3 Å². The molecule has 0 aromatic carbocycles. The first kappa shape index (κ1) is 21.1. The van der Waals surface area contributed by atoms with E-state index < -0.39 is 17.9 Å². The minimum absolute atomic E-state index is 0.0383. The van der Waals surface area contributed by atoms with Crippen molar-refractivity contribution in [2.75, 3.05) is 24.5 Å². The maximum atomic E-state index is 12.7. The van der Waals surface area contributed by atoms with E-state index >= 15 is 0 Å². The summed E-state index contributed by atoms with van der Waals surface area (Å²) >= 11 is 0. The molecule has 0 radical (unpaired) electrons. The average molecular weight is 430 g/mol. The zero-order chi connectivity index (χ0) is 22.0. The van der Waals surface area contributed by atoms with Gasteiger partial charge in [0.15, 0.2) is 0 Å². The molecular weight excluding hydrogens is 404 g/mol. The number of carboxylic acids is 1. The molecule has 0 bridgehead atoms. The molecule has 2 saturated heterocycles. The van der Waals surface area contributed by atoms with Gasteiger partial charge in [-0.25, -0.2) is 9.78 Å². The third-order valence-electron chi connectivity index (χ3n) is 6.25. The Bertz CT molecular complexity index is 865. The molecule has 10 nitrogen and oxygen atoms in total. The van der Waals surface area contributed by atoms with Gasteiger partial charge in [-0.05, 0) is 38.2 Å². The number of hydrogen-bond acceptors (Lipinski definition) is 6. The van der Waals surface area contributed by atoms with Crippen molar-refractivity contribution in [2.45, 2.75) is 44.6 Å². The number of carbonyl (C=O) groups excluding carboxylic acids is 3. The fourth-order valence-electron chi connectivity index (χ4n) is 4.43. The van der Waals surface area contributed by atoms with Crippen molar-refractivity contribution in [3.63, 3.8) is 0 Å². The van der Waals surface area contributed by atoms with Gasteiger partial charge in [-0.2, -0.15) is 0 Å².